The molecule has 0 radical (unpaired) electrons. The van der Waals surface area contributed by atoms with Gasteiger partial charge in [0, 0.05) is 18.8 Å². The Balaban J connectivity index is 4.60. The number of amides is 1. The van der Waals surface area contributed by atoms with Crippen molar-refractivity contribution in [1.29, 1.82) is 0 Å². The molecule has 132 valence electrons. The summed E-state index contributed by atoms with van der Waals surface area (Å²) in [6, 6.07) is -1.18. The number of carbonyl (C=O) groups is 4. The number of carbonyl (C=O) groups excluding carboxylic acids is 4. The van der Waals surface area contributed by atoms with Gasteiger partial charge < -0.3 is 15.7 Å². The van der Waals surface area contributed by atoms with Crippen LogP contribution in [0, 0.1) is 11.8 Å². The molecule has 0 bridgehead atoms. The fourth-order valence-corrected chi connectivity index (χ4v) is 1.85. The average molecular weight is 328 g/mol. The smallest absolute Gasteiger partial charge is 0.226 e. The number of likely N-dealkylation sites (N-methyl/N-ethyl adjacent to an activating group) is 1. The maximum atomic E-state index is 12.1. The Kier molecular flexibility index (Phi) is 9.52. The average Bonchev–Trinajstić information content (AvgIpc) is 2.50. The summed E-state index contributed by atoms with van der Waals surface area (Å²) in [6.07, 6.45) is -0.0502. The standard InChI is InChI=1S/C16H28N2O5/c1-9(12(4)20)6-14(21)11(3)18-16(23)13(8-19)7-15(22)10(2)17-5/h9-11,13,17,19H,6-8H2,1-5H3,(H,18,23)/t9-,10+,11+,13+/m1/s1. The van der Waals surface area contributed by atoms with Crippen molar-refractivity contribution in [3.05, 3.63) is 0 Å². The molecule has 0 fully saturated rings. The highest BCUT2D eigenvalue weighted by molar-refractivity contribution is 5.94. The first-order valence-corrected chi connectivity index (χ1v) is 7.78. The molecule has 1 amide bonds. The molecular weight excluding hydrogens is 300 g/mol. The second-order valence-electron chi connectivity index (χ2n) is 5.97. The molecule has 4 atom stereocenters. The number of hydrogen-bond acceptors (Lipinski definition) is 6. The van der Waals surface area contributed by atoms with E-state index >= 15 is 0 Å². The molecule has 0 spiro atoms. The minimum Gasteiger partial charge on any atom is -0.396 e. The van der Waals surface area contributed by atoms with Crippen molar-refractivity contribution in [2.24, 2.45) is 11.8 Å². The maximum absolute atomic E-state index is 12.1. The van der Waals surface area contributed by atoms with Gasteiger partial charge in [-0.05, 0) is 27.8 Å². The van der Waals surface area contributed by atoms with Gasteiger partial charge in [-0.3, -0.25) is 19.2 Å². The lowest BCUT2D eigenvalue weighted by atomic mass is 9.96. The van der Waals surface area contributed by atoms with Crippen molar-refractivity contribution in [2.75, 3.05) is 13.7 Å². The van der Waals surface area contributed by atoms with Gasteiger partial charge in [0.15, 0.2) is 5.78 Å². The monoisotopic (exact) mass is 328 g/mol. The van der Waals surface area contributed by atoms with Gasteiger partial charge in [-0.15, -0.1) is 0 Å². The molecule has 0 unspecified atom stereocenters. The zero-order valence-electron chi connectivity index (χ0n) is 14.5. The van der Waals surface area contributed by atoms with Gasteiger partial charge in [-0.2, -0.15) is 0 Å². The Labute approximate surface area is 137 Å². The van der Waals surface area contributed by atoms with Gasteiger partial charge in [-0.25, -0.2) is 0 Å². The first-order chi connectivity index (χ1) is 10.6. The second kappa shape index (κ2) is 10.2. The predicted octanol–water partition coefficient (Wildman–Crippen LogP) is -0.149. The fourth-order valence-electron chi connectivity index (χ4n) is 1.85. The Morgan fingerprint density at radius 2 is 1.48 bits per heavy atom. The first kappa shape index (κ1) is 21.4. The molecule has 0 aliphatic rings. The van der Waals surface area contributed by atoms with Gasteiger partial charge in [0.2, 0.25) is 5.91 Å². The fraction of sp³-hybridized carbons (Fsp3) is 0.750. The van der Waals surface area contributed by atoms with E-state index in [1.165, 1.54) is 13.8 Å². The number of aliphatic hydroxyl groups is 1. The summed E-state index contributed by atoms with van der Waals surface area (Å²) in [6.45, 7) is 5.79. The van der Waals surface area contributed by atoms with Crippen LogP contribution < -0.4 is 10.6 Å². The number of rotatable bonds is 11. The Hall–Kier alpha value is -1.60. The summed E-state index contributed by atoms with van der Waals surface area (Å²) >= 11 is 0. The van der Waals surface area contributed by atoms with E-state index in [-0.39, 0.29) is 30.2 Å². The van der Waals surface area contributed by atoms with Gasteiger partial charge in [0.25, 0.3) is 0 Å². The Bertz CT molecular complexity index is 450. The van der Waals surface area contributed by atoms with Crippen LogP contribution in [0.3, 0.4) is 0 Å². The highest BCUT2D eigenvalue weighted by atomic mass is 16.3. The molecule has 0 rings (SSSR count). The van der Waals surface area contributed by atoms with Crippen molar-refractivity contribution in [3.8, 4) is 0 Å². The Morgan fingerprint density at radius 1 is 0.957 bits per heavy atom. The van der Waals surface area contributed by atoms with E-state index in [1.807, 2.05) is 0 Å². The van der Waals surface area contributed by atoms with Crippen molar-refractivity contribution in [3.63, 3.8) is 0 Å². The minimum atomic E-state index is -0.890. The molecular formula is C16H28N2O5. The molecule has 0 aliphatic heterocycles. The molecule has 0 aromatic carbocycles. The molecule has 7 nitrogen and oxygen atoms in total. The lowest BCUT2D eigenvalue weighted by Gasteiger charge is -2.19. The zero-order valence-corrected chi connectivity index (χ0v) is 14.5. The predicted molar refractivity (Wildman–Crippen MR) is 85.8 cm³/mol. The topological polar surface area (TPSA) is 113 Å². The quantitative estimate of drug-likeness (QED) is 0.486. The number of ketones is 3. The van der Waals surface area contributed by atoms with E-state index in [0.29, 0.717) is 0 Å². The Morgan fingerprint density at radius 3 is 1.91 bits per heavy atom. The van der Waals surface area contributed by atoms with Crippen LogP contribution in [0.25, 0.3) is 0 Å². The molecule has 0 aliphatic carbocycles. The lowest BCUT2D eigenvalue weighted by Crippen LogP contribution is -2.44. The van der Waals surface area contributed by atoms with Crippen LogP contribution in [0.2, 0.25) is 0 Å². The zero-order chi connectivity index (χ0) is 18.2. The number of Topliss-reactive ketones (excluding diaryl/α,β-unsaturated/α-hetero) is 3. The normalized spacial score (nSPS) is 16.1. The molecule has 0 aromatic rings. The maximum Gasteiger partial charge on any atom is 0.226 e. The molecule has 0 aromatic heterocycles. The summed E-state index contributed by atoms with van der Waals surface area (Å²) in [5.41, 5.74) is 0. The third kappa shape index (κ3) is 7.47. The molecule has 0 saturated heterocycles. The van der Waals surface area contributed by atoms with E-state index < -0.39 is 36.4 Å². The number of hydrogen-bond donors (Lipinski definition) is 3. The van der Waals surface area contributed by atoms with E-state index in [4.69, 9.17) is 0 Å². The third-order valence-corrected chi connectivity index (χ3v) is 4.00. The SMILES string of the molecule is CN[C@@H](C)C(=O)C[C@@H](CO)C(=O)N[C@@H](C)C(=O)C[C@@H](C)C(C)=O. The van der Waals surface area contributed by atoms with Gasteiger partial charge >= 0.3 is 0 Å². The van der Waals surface area contributed by atoms with E-state index in [0.717, 1.165) is 0 Å². The van der Waals surface area contributed by atoms with Crippen molar-refractivity contribution < 1.29 is 24.3 Å². The molecule has 7 heteroatoms. The highest BCUT2D eigenvalue weighted by Gasteiger charge is 2.26. The van der Waals surface area contributed by atoms with E-state index in [2.05, 4.69) is 10.6 Å². The molecule has 3 N–H and O–H groups in total. The first-order valence-electron chi connectivity index (χ1n) is 7.78. The summed E-state index contributed by atoms with van der Waals surface area (Å²) in [5, 5.41) is 14.6. The molecule has 0 heterocycles. The largest absolute Gasteiger partial charge is 0.396 e. The summed E-state index contributed by atoms with van der Waals surface area (Å²) < 4.78 is 0. The van der Waals surface area contributed by atoms with Crippen LogP contribution in [0.4, 0.5) is 0 Å². The van der Waals surface area contributed by atoms with Gasteiger partial charge in [0.05, 0.1) is 24.6 Å². The summed E-state index contributed by atoms with van der Waals surface area (Å²) in [7, 11) is 1.63. The van der Waals surface area contributed by atoms with Crippen LogP contribution >= 0.6 is 0 Å². The van der Waals surface area contributed by atoms with Crippen molar-refractivity contribution in [1.82, 2.24) is 10.6 Å². The molecule has 23 heavy (non-hydrogen) atoms. The van der Waals surface area contributed by atoms with Crippen molar-refractivity contribution in [2.45, 2.75) is 52.6 Å². The van der Waals surface area contributed by atoms with Crippen LogP contribution in [-0.4, -0.2) is 54.1 Å². The van der Waals surface area contributed by atoms with Gasteiger partial charge in [0.1, 0.15) is 11.6 Å². The van der Waals surface area contributed by atoms with Crippen LogP contribution in [0.1, 0.15) is 40.5 Å². The van der Waals surface area contributed by atoms with E-state index in [1.54, 1.807) is 20.9 Å². The lowest BCUT2D eigenvalue weighted by molar-refractivity contribution is -0.134. The molecule has 0 saturated carbocycles. The number of aliphatic hydroxyl groups excluding tert-OH is 1. The summed E-state index contributed by atoms with van der Waals surface area (Å²) in [5.74, 6) is -2.36. The second-order valence-corrected chi connectivity index (χ2v) is 5.97. The third-order valence-electron chi connectivity index (χ3n) is 4.00. The van der Waals surface area contributed by atoms with Gasteiger partial charge in [-0.1, -0.05) is 6.92 Å². The van der Waals surface area contributed by atoms with E-state index in [9.17, 15) is 24.3 Å². The van der Waals surface area contributed by atoms with Crippen LogP contribution in [0.5, 0.6) is 0 Å². The van der Waals surface area contributed by atoms with Crippen molar-refractivity contribution >= 4 is 23.3 Å². The highest BCUT2D eigenvalue weighted by Crippen LogP contribution is 2.09. The summed E-state index contributed by atoms with van der Waals surface area (Å²) in [4.78, 5) is 47.1. The van der Waals surface area contributed by atoms with Crippen LogP contribution in [0.15, 0.2) is 0 Å². The van der Waals surface area contributed by atoms with Crippen LogP contribution in [-0.2, 0) is 19.2 Å². The minimum absolute atomic E-state index is 0.0519. The number of nitrogens with one attached hydrogen (secondary N) is 2.